The third-order valence-corrected chi connectivity index (χ3v) is 4.58. The van der Waals surface area contributed by atoms with Gasteiger partial charge in [0.1, 0.15) is 6.33 Å². The second-order valence-electron chi connectivity index (χ2n) is 4.91. The number of nitrogens with zero attached hydrogens (tertiary/aromatic N) is 4. The number of hydrogen-bond acceptors (Lipinski definition) is 5. The molecule has 1 heterocycles. The molecular weight excluding hydrogens is 304 g/mol. The van der Waals surface area contributed by atoms with Gasteiger partial charge in [-0.2, -0.15) is 4.68 Å². The molecule has 0 bridgehead atoms. The summed E-state index contributed by atoms with van der Waals surface area (Å²) >= 11 is 0. The van der Waals surface area contributed by atoms with Gasteiger partial charge in [-0.15, -0.1) is 11.5 Å². The minimum absolute atomic E-state index is 0.0118. The smallest absolute Gasteiger partial charge is 0.312 e. The Bertz CT molecular complexity index is 631. The van der Waals surface area contributed by atoms with Crippen molar-refractivity contribution in [3.63, 3.8) is 0 Å². The van der Waals surface area contributed by atoms with E-state index in [1.54, 1.807) is 0 Å². The Hall–Kier alpha value is -1.88. The first-order valence-electron chi connectivity index (χ1n) is 7.33. The second kappa shape index (κ2) is 8.54. The molecule has 1 rings (SSSR count). The lowest BCUT2D eigenvalue weighted by molar-refractivity contribution is 0.202. The molecule has 8 heteroatoms. The van der Waals surface area contributed by atoms with Crippen molar-refractivity contribution in [1.29, 1.82) is 0 Å². The van der Waals surface area contributed by atoms with E-state index in [4.69, 9.17) is 6.42 Å². The Morgan fingerprint density at radius 2 is 2.09 bits per heavy atom. The highest BCUT2D eigenvalue weighted by molar-refractivity contribution is 7.91. The normalized spacial score (nSPS) is 11.1. The van der Waals surface area contributed by atoms with Gasteiger partial charge in [-0.3, -0.25) is 0 Å². The summed E-state index contributed by atoms with van der Waals surface area (Å²) < 4.78 is 25.1. The molecule has 1 amide bonds. The summed E-state index contributed by atoms with van der Waals surface area (Å²) in [7, 11) is -3.55. The molecule has 0 spiro atoms. The summed E-state index contributed by atoms with van der Waals surface area (Å²) in [5.41, 5.74) is 0. The number of carbonyl (C=O) groups excluding carboxylic acids is 1. The molecule has 1 aromatic heterocycles. The average molecular weight is 326 g/mol. The average Bonchev–Trinajstić information content (AvgIpc) is 2.97. The van der Waals surface area contributed by atoms with Gasteiger partial charge in [0.25, 0.3) is 5.16 Å². The lowest BCUT2D eigenvalue weighted by Crippen LogP contribution is -2.36. The van der Waals surface area contributed by atoms with Crippen LogP contribution in [0.1, 0.15) is 39.5 Å². The van der Waals surface area contributed by atoms with Crippen molar-refractivity contribution in [1.82, 2.24) is 19.7 Å². The van der Waals surface area contributed by atoms with E-state index in [-0.39, 0.29) is 17.5 Å². The molecule has 0 N–H and O–H groups in total. The first-order chi connectivity index (χ1) is 10.5. The lowest BCUT2D eigenvalue weighted by Gasteiger charge is -2.18. The third-order valence-electron chi connectivity index (χ3n) is 3.01. The number of rotatable bonds is 8. The van der Waals surface area contributed by atoms with Crippen LogP contribution in [0, 0.1) is 12.3 Å². The zero-order chi connectivity index (χ0) is 16.6. The molecule has 7 nitrogen and oxygen atoms in total. The highest BCUT2D eigenvalue weighted by atomic mass is 32.2. The Labute approximate surface area is 131 Å². The summed E-state index contributed by atoms with van der Waals surface area (Å²) in [5.74, 6) is 2.39. The van der Waals surface area contributed by atoms with Crippen molar-refractivity contribution in [3.05, 3.63) is 6.33 Å². The van der Waals surface area contributed by atoms with E-state index < -0.39 is 15.9 Å². The lowest BCUT2D eigenvalue weighted by atomic mass is 10.3. The van der Waals surface area contributed by atoms with Crippen LogP contribution in [0.2, 0.25) is 0 Å². The molecular formula is C14H22N4O3S. The maximum Gasteiger partial charge on any atom is 0.346 e. The molecule has 0 aliphatic rings. The fourth-order valence-corrected chi connectivity index (χ4v) is 3.07. The molecule has 0 atom stereocenters. The fraction of sp³-hybridized carbons (Fsp3) is 0.643. The van der Waals surface area contributed by atoms with Crippen LogP contribution in [0.4, 0.5) is 4.79 Å². The monoisotopic (exact) mass is 326 g/mol. The Kier molecular flexibility index (Phi) is 7.05. The maximum absolute atomic E-state index is 12.2. The maximum atomic E-state index is 12.2. The number of amides is 1. The van der Waals surface area contributed by atoms with Crippen LogP contribution in [-0.4, -0.2) is 53.0 Å². The summed E-state index contributed by atoms with van der Waals surface area (Å²) in [6, 6.07) is -0.470. The first-order valence-corrected chi connectivity index (χ1v) is 8.98. The number of unbranched alkanes of at least 4 members (excludes halogenated alkanes) is 2. The molecule has 22 heavy (non-hydrogen) atoms. The predicted octanol–water partition coefficient (Wildman–Crippen LogP) is 1.56. The molecule has 0 fully saturated rings. The Balaban J connectivity index is 2.86. The van der Waals surface area contributed by atoms with Crippen molar-refractivity contribution in [2.24, 2.45) is 0 Å². The molecule has 0 aromatic carbocycles. The molecule has 0 radical (unpaired) electrons. The van der Waals surface area contributed by atoms with Crippen molar-refractivity contribution in [2.45, 2.75) is 44.7 Å². The number of hydrogen-bond donors (Lipinski definition) is 0. The molecule has 0 saturated heterocycles. The SMILES string of the molecule is C#CCN(CCC)C(=O)n1cnc(S(=O)(=O)CCCCC)n1. The number of carbonyl (C=O) groups is 1. The van der Waals surface area contributed by atoms with Gasteiger partial charge >= 0.3 is 6.03 Å². The number of aromatic nitrogens is 3. The topological polar surface area (TPSA) is 85.2 Å². The zero-order valence-electron chi connectivity index (χ0n) is 13.0. The molecule has 0 unspecified atom stereocenters. The van der Waals surface area contributed by atoms with Crippen LogP contribution in [0.5, 0.6) is 0 Å². The van der Waals surface area contributed by atoms with E-state index in [0.29, 0.717) is 13.0 Å². The summed E-state index contributed by atoms with van der Waals surface area (Å²) in [5, 5.41) is 3.49. The number of sulfone groups is 1. The van der Waals surface area contributed by atoms with Crippen LogP contribution < -0.4 is 0 Å². The van der Waals surface area contributed by atoms with Gasteiger partial charge in [0, 0.05) is 6.54 Å². The van der Waals surface area contributed by atoms with E-state index in [2.05, 4.69) is 16.0 Å². The van der Waals surface area contributed by atoms with E-state index in [1.807, 2.05) is 13.8 Å². The van der Waals surface area contributed by atoms with Crippen molar-refractivity contribution >= 4 is 15.9 Å². The summed E-state index contributed by atoms with van der Waals surface area (Å²) in [6.07, 6.45) is 9.40. The van der Waals surface area contributed by atoms with Crippen LogP contribution >= 0.6 is 0 Å². The second-order valence-corrected chi connectivity index (χ2v) is 6.91. The third kappa shape index (κ3) is 4.84. The van der Waals surface area contributed by atoms with E-state index in [1.165, 1.54) is 4.90 Å². The van der Waals surface area contributed by atoms with E-state index in [0.717, 1.165) is 30.3 Å². The fourth-order valence-electron chi connectivity index (χ4n) is 1.88. The van der Waals surface area contributed by atoms with Gasteiger partial charge < -0.3 is 4.90 Å². The minimum atomic E-state index is -3.55. The van der Waals surface area contributed by atoms with Crippen LogP contribution in [-0.2, 0) is 9.84 Å². The van der Waals surface area contributed by atoms with Crippen molar-refractivity contribution in [2.75, 3.05) is 18.8 Å². The Morgan fingerprint density at radius 1 is 1.36 bits per heavy atom. The highest BCUT2D eigenvalue weighted by Gasteiger charge is 2.22. The van der Waals surface area contributed by atoms with Crippen LogP contribution in [0.3, 0.4) is 0 Å². The zero-order valence-corrected chi connectivity index (χ0v) is 13.8. The van der Waals surface area contributed by atoms with E-state index in [9.17, 15) is 13.2 Å². The molecule has 122 valence electrons. The van der Waals surface area contributed by atoms with Gasteiger partial charge in [0.15, 0.2) is 0 Å². The first kappa shape index (κ1) is 18.2. The van der Waals surface area contributed by atoms with Gasteiger partial charge in [0.2, 0.25) is 9.84 Å². The van der Waals surface area contributed by atoms with E-state index >= 15 is 0 Å². The summed E-state index contributed by atoms with van der Waals surface area (Å²) in [6.45, 7) is 4.53. The van der Waals surface area contributed by atoms with Crippen LogP contribution in [0.25, 0.3) is 0 Å². The molecule has 0 aliphatic carbocycles. The summed E-state index contributed by atoms with van der Waals surface area (Å²) in [4.78, 5) is 17.4. The quantitative estimate of drug-likeness (QED) is 0.534. The van der Waals surface area contributed by atoms with Gasteiger partial charge in [0.05, 0.1) is 12.3 Å². The van der Waals surface area contributed by atoms with Gasteiger partial charge in [-0.1, -0.05) is 32.6 Å². The largest absolute Gasteiger partial charge is 0.346 e. The van der Waals surface area contributed by atoms with Gasteiger partial charge in [-0.25, -0.2) is 18.2 Å². The van der Waals surface area contributed by atoms with Crippen LogP contribution in [0.15, 0.2) is 11.5 Å². The molecule has 0 saturated carbocycles. The highest BCUT2D eigenvalue weighted by Crippen LogP contribution is 2.08. The molecule has 0 aliphatic heterocycles. The van der Waals surface area contributed by atoms with Crippen molar-refractivity contribution in [3.8, 4) is 12.3 Å². The number of terminal acetylenes is 1. The van der Waals surface area contributed by atoms with Gasteiger partial charge in [-0.05, 0) is 12.8 Å². The minimum Gasteiger partial charge on any atom is -0.312 e. The Morgan fingerprint density at radius 3 is 2.68 bits per heavy atom. The standard InChI is InChI=1S/C14H22N4O3S/c1-4-7-8-11-22(20,21)13-15-12-18(16-13)14(19)17(9-5-2)10-6-3/h2,12H,4,6-11H2,1,3H3. The predicted molar refractivity (Wildman–Crippen MR) is 83.1 cm³/mol. The molecule has 1 aromatic rings. The van der Waals surface area contributed by atoms with Crippen molar-refractivity contribution < 1.29 is 13.2 Å².